The van der Waals surface area contributed by atoms with Crippen LogP contribution in [-0.4, -0.2) is 24.9 Å². The number of nitrogens with zero attached hydrogens (tertiary/aromatic N) is 5. The molecule has 0 spiro atoms. The second-order valence-electron chi connectivity index (χ2n) is 14.2. The molecule has 0 saturated heterocycles. The van der Waals surface area contributed by atoms with E-state index in [2.05, 4.69) is 115 Å². The summed E-state index contributed by atoms with van der Waals surface area (Å²) in [5.74, 6) is 2.64. The zero-order valence-electron chi connectivity index (χ0n) is 31.4. The third kappa shape index (κ3) is 7.16. The van der Waals surface area contributed by atoms with Crippen molar-refractivity contribution in [3.63, 3.8) is 0 Å². The Labute approximate surface area is 337 Å². The van der Waals surface area contributed by atoms with Crippen LogP contribution >= 0.6 is 0 Å². The Balaban J connectivity index is 0.971. The van der Waals surface area contributed by atoms with Gasteiger partial charge in [0.25, 0.3) is 0 Å². The molecule has 0 aliphatic rings. The summed E-state index contributed by atoms with van der Waals surface area (Å²) in [6, 6.07) is 73.1. The zero-order chi connectivity index (χ0) is 38.7. The lowest BCUT2D eigenvalue weighted by atomic mass is 9.96. The van der Waals surface area contributed by atoms with E-state index in [1.54, 1.807) is 0 Å². The van der Waals surface area contributed by atoms with Gasteiger partial charge in [0, 0.05) is 33.4 Å². The minimum Gasteiger partial charge on any atom is -0.228 e. The van der Waals surface area contributed by atoms with E-state index in [1.165, 1.54) is 10.8 Å². The third-order valence-electron chi connectivity index (χ3n) is 10.3. The molecule has 0 N–H and O–H groups in total. The minimum absolute atomic E-state index is 0.638. The van der Waals surface area contributed by atoms with Gasteiger partial charge in [0.05, 0.1) is 11.4 Å². The van der Waals surface area contributed by atoms with Crippen LogP contribution in [0.5, 0.6) is 0 Å². The second kappa shape index (κ2) is 15.3. The average molecular weight is 742 g/mol. The fourth-order valence-electron chi connectivity index (χ4n) is 7.28. The highest BCUT2D eigenvalue weighted by Gasteiger charge is 2.14. The molecule has 0 aliphatic carbocycles. The fourth-order valence-corrected chi connectivity index (χ4v) is 7.28. The van der Waals surface area contributed by atoms with Crippen LogP contribution in [0.4, 0.5) is 0 Å². The van der Waals surface area contributed by atoms with Crippen LogP contribution in [0.15, 0.2) is 212 Å². The molecule has 0 aliphatic heterocycles. The first kappa shape index (κ1) is 34.6. The second-order valence-corrected chi connectivity index (χ2v) is 14.2. The predicted octanol–water partition coefficient (Wildman–Crippen LogP) is 13.2. The molecule has 2 heterocycles. The van der Waals surface area contributed by atoms with E-state index in [1.807, 2.05) is 97.1 Å². The molecule has 0 fully saturated rings. The highest BCUT2D eigenvalue weighted by Crippen LogP contribution is 2.34. The summed E-state index contributed by atoms with van der Waals surface area (Å²) in [4.78, 5) is 24.7. The van der Waals surface area contributed by atoms with Gasteiger partial charge in [0.15, 0.2) is 23.3 Å². The first-order valence-corrected chi connectivity index (χ1v) is 19.3. The van der Waals surface area contributed by atoms with Crippen molar-refractivity contribution in [3.05, 3.63) is 212 Å². The minimum atomic E-state index is 0.638. The molecule has 0 saturated carbocycles. The van der Waals surface area contributed by atoms with Crippen LogP contribution in [-0.2, 0) is 0 Å². The van der Waals surface area contributed by atoms with E-state index in [-0.39, 0.29) is 0 Å². The van der Waals surface area contributed by atoms with Crippen molar-refractivity contribution >= 4 is 10.8 Å². The molecule has 8 aromatic carbocycles. The predicted molar refractivity (Wildman–Crippen MR) is 236 cm³/mol. The summed E-state index contributed by atoms with van der Waals surface area (Å²) in [6.07, 6.45) is 0. The molecule has 0 bridgehead atoms. The Morgan fingerprint density at radius 2 is 0.534 bits per heavy atom. The number of hydrogen-bond donors (Lipinski definition) is 0. The Hall–Kier alpha value is -7.89. The maximum Gasteiger partial charge on any atom is 0.164 e. The SMILES string of the molecule is c1ccc(-c2cc(-c3cccc(-c4ccc5ccc(-c6ccc(-c7nc(-c8ccccc8)nc(-c8ccccc8)n7)cc6)cc5c4)c3)nc(-c3ccccc3)n2)cc1. The summed E-state index contributed by atoms with van der Waals surface area (Å²) < 4.78 is 0. The molecular weight excluding hydrogens is 707 g/mol. The summed E-state index contributed by atoms with van der Waals surface area (Å²) in [5, 5.41) is 2.35. The number of hydrogen-bond acceptors (Lipinski definition) is 5. The van der Waals surface area contributed by atoms with Crippen molar-refractivity contribution in [1.82, 2.24) is 24.9 Å². The standard InChI is InChI=1S/C53H35N5/c1-5-14-38(15-6-1)48-35-49(55-50(54-48)39-16-7-2-8-17-39)46-23-13-22-43(32-46)45-31-27-37-26-30-44(33-47(37)34-45)36-24-28-42(29-25-36)53-57-51(40-18-9-3-10-19-40)56-52(58-53)41-20-11-4-12-21-41/h1-35H. The van der Waals surface area contributed by atoms with Crippen LogP contribution in [0, 0.1) is 0 Å². The van der Waals surface area contributed by atoms with Gasteiger partial charge < -0.3 is 0 Å². The first-order valence-electron chi connectivity index (χ1n) is 19.3. The highest BCUT2D eigenvalue weighted by atomic mass is 15.0. The molecular formula is C53H35N5. The van der Waals surface area contributed by atoms with Crippen molar-refractivity contribution in [3.8, 4) is 90.3 Å². The molecule has 5 heteroatoms. The van der Waals surface area contributed by atoms with Crippen LogP contribution < -0.4 is 0 Å². The van der Waals surface area contributed by atoms with Crippen molar-refractivity contribution < 1.29 is 0 Å². The quantitative estimate of drug-likeness (QED) is 0.155. The van der Waals surface area contributed by atoms with Crippen LogP contribution in [0.25, 0.3) is 101 Å². The van der Waals surface area contributed by atoms with Gasteiger partial charge in [-0.15, -0.1) is 0 Å². The van der Waals surface area contributed by atoms with E-state index < -0.39 is 0 Å². The summed E-state index contributed by atoms with van der Waals surface area (Å²) in [7, 11) is 0. The smallest absolute Gasteiger partial charge is 0.164 e. The summed E-state index contributed by atoms with van der Waals surface area (Å²) in [6.45, 7) is 0. The van der Waals surface area contributed by atoms with E-state index in [9.17, 15) is 0 Å². The lowest BCUT2D eigenvalue weighted by Crippen LogP contribution is -2.00. The Morgan fingerprint density at radius 3 is 1.05 bits per heavy atom. The van der Waals surface area contributed by atoms with Crippen molar-refractivity contribution in [2.75, 3.05) is 0 Å². The molecule has 0 atom stereocenters. The molecule has 10 rings (SSSR count). The molecule has 0 amide bonds. The van der Waals surface area contributed by atoms with E-state index in [0.717, 1.165) is 67.0 Å². The monoisotopic (exact) mass is 741 g/mol. The van der Waals surface area contributed by atoms with Gasteiger partial charge in [0.1, 0.15) is 0 Å². The Morgan fingerprint density at radius 1 is 0.190 bits per heavy atom. The summed E-state index contributed by atoms with van der Waals surface area (Å²) >= 11 is 0. The molecule has 272 valence electrons. The topological polar surface area (TPSA) is 64.5 Å². The first-order chi connectivity index (χ1) is 28.7. The molecule has 5 nitrogen and oxygen atoms in total. The van der Waals surface area contributed by atoms with E-state index in [4.69, 9.17) is 24.9 Å². The van der Waals surface area contributed by atoms with Crippen LogP contribution in [0.2, 0.25) is 0 Å². The molecule has 2 aromatic heterocycles. The van der Waals surface area contributed by atoms with Crippen molar-refractivity contribution in [2.45, 2.75) is 0 Å². The lowest BCUT2D eigenvalue weighted by Gasteiger charge is -2.11. The van der Waals surface area contributed by atoms with Gasteiger partial charge >= 0.3 is 0 Å². The van der Waals surface area contributed by atoms with Gasteiger partial charge in [-0.25, -0.2) is 24.9 Å². The molecule has 10 aromatic rings. The van der Waals surface area contributed by atoms with Gasteiger partial charge in [0.2, 0.25) is 0 Å². The number of benzene rings is 8. The molecule has 0 radical (unpaired) electrons. The number of aromatic nitrogens is 5. The summed E-state index contributed by atoms with van der Waals surface area (Å²) in [5.41, 5.74) is 12.2. The fraction of sp³-hybridized carbons (Fsp3) is 0. The van der Waals surface area contributed by atoms with Gasteiger partial charge in [-0.2, -0.15) is 0 Å². The largest absolute Gasteiger partial charge is 0.228 e. The Bertz CT molecular complexity index is 2910. The van der Waals surface area contributed by atoms with Crippen LogP contribution in [0.3, 0.4) is 0 Å². The van der Waals surface area contributed by atoms with Gasteiger partial charge in [-0.05, 0) is 57.3 Å². The highest BCUT2D eigenvalue weighted by molar-refractivity contribution is 5.91. The van der Waals surface area contributed by atoms with Gasteiger partial charge in [-0.3, -0.25) is 0 Å². The molecule has 0 unspecified atom stereocenters. The van der Waals surface area contributed by atoms with E-state index >= 15 is 0 Å². The molecule has 58 heavy (non-hydrogen) atoms. The Kier molecular flexibility index (Phi) is 9.14. The maximum absolute atomic E-state index is 5.07. The third-order valence-corrected chi connectivity index (χ3v) is 10.3. The zero-order valence-corrected chi connectivity index (χ0v) is 31.4. The lowest BCUT2D eigenvalue weighted by molar-refractivity contribution is 1.07. The number of rotatable bonds is 8. The number of fused-ring (bicyclic) bond motifs is 1. The maximum atomic E-state index is 5.07. The van der Waals surface area contributed by atoms with Crippen molar-refractivity contribution in [2.24, 2.45) is 0 Å². The van der Waals surface area contributed by atoms with Crippen molar-refractivity contribution in [1.29, 1.82) is 0 Å². The normalized spacial score (nSPS) is 11.1. The van der Waals surface area contributed by atoms with Crippen LogP contribution in [0.1, 0.15) is 0 Å². The average Bonchev–Trinajstić information content (AvgIpc) is 3.32. The van der Waals surface area contributed by atoms with E-state index in [0.29, 0.717) is 23.3 Å². The van der Waals surface area contributed by atoms with Gasteiger partial charge in [-0.1, -0.05) is 188 Å².